The molecule has 1 aromatic heterocycles. The number of nitrogens with zero attached hydrogens (tertiary/aromatic N) is 1. The van der Waals surface area contributed by atoms with Crippen LogP contribution in [-0.4, -0.2) is 29.7 Å². The van der Waals surface area contributed by atoms with Crippen molar-refractivity contribution in [3.63, 3.8) is 0 Å². The lowest BCUT2D eigenvalue weighted by atomic mass is 10.0. The van der Waals surface area contributed by atoms with E-state index < -0.39 is 5.60 Å². The molecule has 4 nitrogen and oxygen atoms in total. The minimum atomic E-state index is -0.458. The summed E-state index contributed by atoms with van der Waals surface area (Å²) in [7, 11) is 0. The summed E-state index contributed by atoms with van der Waals surface area (Å²) in [5.74, 6) is 1.02. The zero-order valence-electron chi connectivity index (χ0n) is 14.4. The molecular formula is C19H25NO3. The molecule has 0 spiro atoms. The topological polar surface area (TPSA) is 42.7 Å². The maximum absolute atomic E-state index is 12.3. The number of amides is 1. The van der Waals surface area contributed by atoms with Gasteiger partial charge in [0.25, 0.3) is 0 Å². The van der Waals surface area contributed by atoms with Crippen molar-refractivity contribution in [3.05, 3.63) is 35.1 Å². The maximum Gasteiger partial charge on any atom is 0.410 e. The molecule has 2 aromatic rings. The number of benzene rings is 1. The van der Waals surface area contributed by atoms with E-state index in [2.05, 4.69) is 25.1 Å². The van der Waals surface area contributed by atoms with E-state index in [-0.39, 0.29) is 6.09 Å². The first-order valence-electron chi connectivity index (χ1n) is 8.38. The van der Waals surface area contributed by atoms with Crippen molar-refractivity contribution < 1.29 is 13.9 Å². The summed E-state index contributed by atoms with van der Waals surface area (Å²) in [4.78, 5) is 14.1. The summed E-state index contributed by atoms with van der Waals surface area (Å²) in [5.41, 5.74) is 3.06. The van der Waals surface area contributed by atoms with E-state index in [9.17, 15) is 4.79 Å². The third-order valence-electron chi connectivity index (χ3n) is 4.22. The first-order chi connectivity index (χ1) is 10.9. The van der Waals surface area contributed by atoms with Crippen molar-refractivity contribution in [1.82, 2.24) is 4.90 Å². The summed E-state index contributed by atoms with van der Waals surface area (Å²) in [6.07, 6.45) is 2.32. The van der Waals surface area contributed by atoms with Gasteiger partial charge in [0.2, 0.25) is 0 Å². The molecule has 0 aliphatic carbocycles. The van der Waals surface area contributed by atoms with Crippen LogP contribution in [0.15, 0.2) is 22.6 Å². The fourth-order valence-corrected chi connectivity index (χ4v) is 3.06. The number of carbonyl (C=O) groups is 1. The van der Waals surface area contributed by atoms with Crippen molar-refractivity contribution in [3.8, 4) is 0 Å². The van der Waals surface area contributed by atoms with E-state index in [4.69, 9.17) is 9.15 Å². The highest BCUT2D eigenvalue weighted by Crippen LogP contribution is 2.29. The van der Waals surface area contributed by atoms with Gasteiger partial charge in [-0.2, -0.15) is 0 Å². The van der Waals surface area contributed by atoms with E-state index in [0.29, 0.717) is 13.1 Å². The highest BCUT2D eigenvalue weighted by atomic mass is 16.6. The number of aryl methyl sites for hydroxylation is 1. The molecule has 0 bridgehead atoms. The van der Waals surface area contributed by atoms with Gasteiger partial charge in [0.1, 0.15) is 16.9 Å². The Kier molecular flexibility index (Phi) is 4.09. The minimum Gasteiger partial charge on any atom is -0.461 e. The van der Waals surface area contributed by atoms with Crippen molar-refractivity contribution in [2.24, 2.45) is 0 Å². The normalized spacial score (nSPS) is 15.4. The molecule has 3 rings (SSSR count). The monoisotopic (exact) mass is 315 g/mol. The Morgan fingerprint density at radius 1 is 1.26 bits per heavy atom. The van der Waals surface area contributed by atoms with Gasteiger partial charge < -0.3 is 14.1 Å². The molecule has 2 heterocycles. The van der Waals surface area contributed by atoms with E-state index >= 15 is 0 Å². The van der Waals surface area contributed by atoms with Crippen molar-refractivity contribution >= 4 is 17.1 Å². The summed E-state index contributed by atoms with van der Waals surface area (Å²) in [5, 5.41) is 1.16. The van der Waals surface area contributed by atoms with Gasteiger partial charge in [0.15, 0.2) is 0 Å². The van der Waals surface area contributed by atoms with Gasteiger partial charge in [-0.25, -0.2) is 4.79 Å². The van der Waals surface area contributed by atoms with Gasteiger partial charge in [-0.1, -0.05) is 19.1 Å². The Labute approximate surface area is 137 Å². The number of rotatable bonds is 1. The second kappa shape index (κ2) is 5.91. The number of fused-ring (bicyclic) bond motifs is 3. The molecular weight excluding hydrogens is 290 g/mol. The zero-order chi connectivity index (χ0) is 16.6. The SMILES string of the molecule is CCc1cc2ccc3c(c2o1)CCN(C(=O)OC(C)(C)C)CC3. The van der Waals surface area contributed by atoms with Crippen LogP contribution in [0.1, 0.15) is 44.6 Å². The molecule has 0 saturated heterocycles. The van der Waals surface area contributed by atoms with Crippen LogP contribution in [0.4, 0.5) is 4.79 Å². The van der Waals surface area contributed by atoms with Gasteiger partial charge in [0, 0.05) is 30.5 Å². The van der Waals surface area contributed by atoms with Crippen LogP contribution >= 0.6 is 0 Å². The second-order valence-electron chi connectivity index (χ2n) is 7.16. The Hall–Kier alpha value is -1.97. The first-order valence-corrected chi connectivity index (χ1v) is 8.38. The van der Waals surface area contributed by atoms with Gasteiger partial charge in [-0.15, -0.1) is 0 Å². The van der Waals surface area contributed by atoms with Crippen LogP contribution in [0.5, 0.6) is 0 Å². The van der Waals surface area contributed by atoms with Crippen LogP contribution in [0, 0.1) is 0 Å². The molecule has 1 aromatic carbocycles. The van der Waals surface area contributed by atoms with Gasteiger partial charge >= 0.3 is 6.09 Å². The highest BCUT2D eigenvalue weighted by molar-refractivity contribution is 5.82. The Balaban J connectivity index is 1.84. The second-order valence-corrected chi connectivity index (χ2v) is 7.16. The lowest BCUT2D eigenvalue weighted by molar-refractivity contribution is 0.0258. The van der Waals surface area contributed by atoms with Crippen LogP contribution in [0.25, 0.3) is 11.0 Å². The third-order valence-corrected chi connectivity index (χ3v) is 4.22. The van der Waals surface area contributed by atoms with Gasteiger partial charge in [-0.05, 0) is 45.2 Å². The molecule has 23 heavy (non-hydrogen) atoms. The smallest absolute Gasteiger partial charge is 0.410 e. The molecule has 0 unspecified atom stereocenters. The van der Waals surface area contributed by atoms with E-state index in [1.807, 2.05) is 20.8 Å². The first kappa shape index (κ1) is 15.9. The Morgan fingerprint density at radius 2 is 2.00 bits per heavy atom. The lowest BCUT2D eigenvalue weighted by Crippen LogP contribution is -2.38. The van der Waals surface area contributed by atoms with E-state index in [0.717, 1.165) is 36.0 Å². The van der Waals surface area contributed by atoms with Crippen molar-refractivity contribution in [2.45, 2.75) is 52.6 Å². The standard InChI is InChI=1S/C19H25NO3/c1-5-15-12-14-7-6-13-8-10-20(18(21)23-19(2,3)4)11-9-16(13)17(14)22-15/h6-7,12H,5,8-11H2,1-4H3. The minimum absolute atomic E-state index is 0.227. The summed E-state index contributed by atoms with van der Waals surface area (Å²) in [6.45, 7) is 9.15. The van der Waals surface area contributed by atoms with Crippen LogP contribution < -0.4 is 0 Å². The van der Waals surface area contributed by atoms with Crippen LogP contribution in [-0.2, 0) is 24.0 Å². The molecule has 0 atom stereocenters. The highest BCUT2D eigenvalue weighted by Gasteiger charge is 2.25. The van der Waals surface area contributed by atoms with Gasteiger partial charge in [0.05, 0.1) is 0 Å². The lowest BCUT2D eigenvalue weighted by Gasteiger charge is -2.26. The van der Waals surface area contributed by atoms with Crippen LogP contribution in [0.3, 0.4) is 0 Å². The maximum atomic E-state index is 12.3. The average molecular weight is 315 g/mol. The number of furan rings is 1. The predicted molar refractivity (Wildman–Crippen MR) is 90.8 cm³/mol. The largest absolute Gasteiger partial charge is 0.461 e. The number of hydrogen-bond acceptors (Lipinski definition) is 3. The van der Waals surface area contributed by atoms with E-state index in [1.54, 1.807) is 4.90 Å². The molecule has 0 saturated carbocycles. The molecule has 0 N–H and O–H groups in total. The fourth-order valence-electron chi connectivity index (χ4n) is 3.06. The third kappa shape index (κ3) is 3.36. The summed E-state index contributed by atoms with van der Waals surface area (Å²) in [6, 6.07) is 6.41. The Morgan fingerprint density at radius 3 is 2.70 bits per heavy atom. The Bertz CT molecular complexity index is 724. The number of ether oxygens (including phenoxy) is 1. The summed E-state index contributed by atoms with van der Waals surface area (Å²) < 4.78 is 11.5. The molecule has 1 amide bonds. The molecule has 0 fully saturated rings. The molecule has 124 valence electrons. The van der Waals surface area contributed by atoms with Gasteiger partial charge in [-0.3, -0.25) is 0 Å². The molecule has 1 aliphatic rings. The predicted octanol–water partition coefficient (Wildman–Crippen LogP) is 4.33. The molecule has 1 aliphatic heterocycles. The molecule has 0 radical (unpaired) electrons. The number of hydrogen-bond donors (Lipinski definition) is 0. The quantitative estimate of drug-likeness (QED) is 0.786. The summed E-state index contributed by atoms with van der Waals surface area (Å²) >= 11 is 0. The van der Waals surface area contributed by atoms with Crippen molar-refractivity contribution in [2.75, 3.05) is 13.1 Å². The van der Waals surface area contributed by atoms with E-state index in [1.165, 1.54) is 11.1 Å². The van der Waals surface area contributed by atoms with Crippen molar-refractivity contribution in [1.29, 1.82) is 0 Å². The van der Waals surface area contributed by atoms with Crippen LogP contribution in [0.2, 0.25) is 0 Å². The zero-order valence-corrected chi connectivity index (χ0v) is 14.4. The average Bonchev–Trinajstić information content (AvgIpc) is 2.77. The molecule has 4 heteroatoms. The fraction of sp³-hybridized carbons (Fsp3) is 0.526. The number of carbonyl (C=O) groups excluding carboxylic acids is 1.